The fourth-order valence-corrected chi connectivity index (χ4v) is 2.94. The molecule has 1 aliphatic rings. The molecule has 0 aromatic carbocycles. The first-order valence-corrected chi connectivity index (χ1v) is 9.05. The van der Waals surface area contributed by atoms with E-state index >= 15 is 0 Å². The summed E-state index contributed by atoms with van der Waals surface area (Å²) in [5.41, 5.74) is 15.5. The lowest BCUT2D eigenvalue weighted by Crippen LogP contribution is -2.58. The molecule has 10 N–H and O–H groups in total. The van der Waals surface area contributed by atoms with Crippen LogP contribution in [0.25, 0.3) is 0 Å². The average Bonchev–Trinajstić information content (AvgIpc) is 3.13. The van der Waals surface area contributed by atoms with Crippen molar-refractivity contribution in [3.05, 3.63) is 0 Å². The Labute approximate surface area is 171 Å². The van der Waals surface area contributed by atoms with E-state index < -0.39 is 79.1 Å². The molecule has 1 fully saturated rings. The summed E-state index contributed by atoms with van der Waals surface area (Å²) in [6.45, 7) is -0.725. The molecular weight excluding hydrogens is 404 g/mol. The van der Waals surface area contributed by atoms with Gasteiger partial charge in [0, 0.05) is 6.54 Å². The molecule has 1 heterocycles. The molecule has 168 valence electrons. The number of aliphatic hydroxyl groups excluding tert-OH is 1. The maximum Gasteiger partial charge on any atom is 0.326 e. The predicted molar refractivity (Wildman–Crippen MR) is 98.9 cm³/mol. The lowest BCUT2D eigenvalue weighted by molar-refractivity contribution is -0.150. The number of likely N-dealkylation sites (tertiary alicyclic amines) is 1. The minimum atomic E-state index is -1.55. The van der Waals surface area contributed by atoms with Crippen molar-refractivity contribution < 1.29 is 39.0 Å². The van der Waals surface area contributed by atoms with Crippen LogP contribution < -0.4 is 27.8 Å². The first-order valence-electron chi connectivity index (χ1n) is 9.05. The molecular formula is C16H26N6O8. The highest BCUT2D eigenvalue weighted by Crippen LogP contribution is 2.18. The smallest absolute Gasteiger partial charge is 0.326 e. The summed E-state index contributed by atoms with van der Waals surface area (Å²) in [5.74, 6) is -5.87. The Kier molecular flexibility index (Phi) is 9.14. The molecule has 0 spiro atoms. The second-order valence-corrected chi connectivity index (χ2v) is 6.78. The summed E-state index contributed by atoms with van der Waals surface area (Å²) in [7, 11) is 0. The molecule has 1 rings (SSSR count). The van der Waals surface area contributed by atoms with Gasteiger partial charge in [-0.15, -0.1) is 0 Å². The van der Waals surface area contributed by atoms with Crippen LogP contribution in [0.4, 0.5) is 0 Å². The normalized spacial score (nSPS) is 18.7. The fourth-order valence-electron chi connectivity index (χ4n) is 2.94. The van der Waals surface area contributed by atoms with E-state index in [1.54, 1.807) is 0 Å². The zero-order valence-electron chi connectivity index (χ0n) is 16.1. The van der Waals surface area contributed by atoms with Crippen LogP contribution >= 0.6 is 0 Å². The van der Waals surface area contributed by atoms with Gasteiger partial charge in [0.2, 0.25) is 29.5 Å². The first kappa shape index (κ1) is 24.8. The molecule has 4 atom stereocenters. The van der Waals surface area contributed by atoms with Crippen LogP contribution in [-0.4, -0.2) is 87.9 Å². The summed E-state index contributed by atoms with van der Waals surface area (Å²) in [4.78, 5) is 71.5. The summed E-state index contributed by atoms with van der Waals surface area (Å²) in [6.07, 6.45) is -0.507. The van der Waals surface area contributed by atoms with E-state index in [4.69, 9.17) is 17.2 Å². The van der Waals surface area contributed by atoms with Crippen molar-refractivity contribution in [3.8, 4) is 0 Å². The van der Waals surface area contributed by atoms with Crippen molar-refractivity contribution in [2.24, 2.45) is 17.2 Å². The van der Waals surface area contributed by atoms with Gasteiger partial charge in [-0.25, -0.2) is 4.79 Å². The van der Waals surface area contributed by atoms with E-state index in [0.29, 0.717) is 6.42 Å². The minimum Gasteiger partial charge on any atom is -0.480 e. The Morgan fingerprint density at radius 1 is 0.967 bits per heavy atom. The van der Waals surface area contributed by atoms with Gasteiger partial charge < -0.3 is 42.9 Å². The molecule has 0 bridgehead atoms. The molecule has 14 nitrogen and oxygen atoms in total. The van der Waals surface area contributed by atoms with Gasteiger partial charge in [-0.05, 0) is 12.8 Å². The quantitative estimate of drug-likeness (QED) is 0.166. The Hall–Kier alpha value is -3.26. The van der Waals surface area contributed by atoms with Crippen LogP contribution in [0.15, 0.2) is 0 Å². The third kappa shape index (κ3) is 6.97. The zero-order valence-corrected chi connectivity index (χ0v) is 16.1. The first-order chi connectivity index (χ1) is 14.0. The number of primary amides is 2. The van der Waals surface area contributed by atoms with Crippen molar-refractivity contribution >= 4 is 35.5 Å². The van der Waals surface area contributed by atoms with Gasteiger partial charge in [0.25, 0.3) is 0 Å². The second-order valence-electron chi connectivity index (χ2n) is 6.78. The fraction of sp³-hybridized carbons (Fsp3) is 0.625. The second kappa shape index (κ2) is 11.1. The van der Waals surface area contributed by atoms with Crippen LogP contribution in [-0.2, 0) is 28.8 Å². The van der Waals surface area contributed by atoms with Crippen molar-refractivity contribution in [1.29, 1.82) is 0 Å². The molecule has 1 aliphatic heterocycles. The number of aliphatic carboxylic acids is 1. The number of nitrogens with zero attached hydrogens (tertiary/aromatic N) is 1. The maximum absolute atomic E-state index is 12.6. The van der Waals surface area contributed by atoms with Crippen molar-refractivity contribution in [3.63, 3.8) is 0 Å². The summed E-state index contributed by atoms with van der Waals surface area (Å²) >= 11 is 0. The topological polar surface area (TPSA) is 248 Å². The van der Waals surface area contributed by atoms with Crippen LogP contribution in [0.1, 0.15) is 25.7 Å². The van der Waals surface area contributed by atoms with Crippen LogP contribution in [0.5, 0.6) is 0 Å². The molecule has 5 amide bonds. The van der Waals surface area contributed by atoms with E-state index in [1.807, 2.05) is 0 Å². The SMILES string of the molecule is NC(=O)CC(N)C(=O)NC(CC(N)=O)C(=O)NC(CO)C(=O)N1CCCC1C(=O)O. The number of rotatable bonds is 11. The number of carbonyl (C=O) groups excluding carboxylic acids is 5. The number of hydrogen-bond acceptors (Lipinski definition) is 8. The van der Waals surface area contributed by atoms with E-state index in [1.165, 1.54) is 0 Å². The highest BCUT2D eigenvalue weighted by atomic mass is 16.4. The van der Waals surface area contributed by atoms with E-state index in [9.17, 15) is 39.0 Å². The third-order valence-corrected chi connectivity index (χ3v) is 4.41. The lowest BCUT2D eigenvalue weighted by Gasteiger charge is -2.27. The maximum atomic E-state index is 12.6. The van der Waals surface area contributed by atoms with Gasteiger partial charge in [-0.3, -0.25) is 24.0 Å². The molecule has 0 radical (unpaired) electrons. The summed E-state index contributed by atoms with van der Waals surface area (Å²) < 4.78 is 0. The molecule has 0 aromatic rings. The van der Waals surface area contributed by atoms with E-state index in [0.717, 1.165) is 4.90 Å². The predicted octanol–water partition coefficient (Wildman–Crippen LogP) is -4.90. The van der Waals surface area contributed by atoms with Crippen molar-refractivity contribution in [1.82, 2.24) is 15.5 Å². The number of nitrogens with two attached hydrogens (primary N) is 3. The van der Waals surface area contributed by atoms with Gasteiger partial charge in [0.1, 0.15) is 18.1 Å². The van der Waals surface area contributed by atoms with Crippen LogP contribution in [0.2, 0.25) is 0 Å². The molecule has 0 aromatic heterocycles. The third-order valence-electron chi connectivity index (χ3n) is 4.41. The largest absolute Gasteiger partial charge is 0.480 e. The zero-order chi connectivity index (χ0) is 23.0. The number of aliphatic hydroxyl groups is 1. The van der Waals surface area contributed by atoms with Gasteiger partial charge in [-0.1, -0.05) is 0 Å². The monoisotopic (exact) mass is 430 g/mol. The number of nitrogens with one attached hydrogen (secondary N) is 2. The van der Waals surface area contributed by atoms with Crippen LogP contribution in [0, 0.1) is 0 Å². The van der Waals surface area contributed by atoms with Gasteiger partial charge in [0.05, 0.1) is 25.5 Å². The highest BCUT2D eigenvalue weighted by Gasteiger charge is 2.38. The minimum absolute atomic E-state index is 0.131. The number of amides is 5. The molecule has 0 aliphatic carbocycles. The Morgan fingerprint density at radius 3 is 2.03 bits per heavy atom. The number of carbonyl (C=O) groups is 6. The average molecular weight is 430 g/mol. The Morgan fingerprint density at radius 2 is 1.53 bits per heavy atom. The highest BCUT2D eigenvalue weighted by molar-refractivity contribution is 5.97. The van der Waals surface area contributed by atoms with E-state index in [2.05, 4.69) is 10.6 Å². The number of carboxylic acids is 1. The molecule has 14 heteroatoms. The lowest BCUT2D eigenvalue weighted by atomic mass is 10.1. The molecule has 4 unspecified atom stereocenters. The number of carboxylic acid groups (broad SMARTS) is 1. The Balaban J connectivity index is 2.88. The molecule has 30 heavy (non-hydrogen) atoms. The van der Waals surface area contributed by atoms with E-state index in [-0.39, 0.29) is 13.0 Å². The van der Waals surface area contributed by atoms with Gasteiger partial charge in [0.15, 0.2) is 0 Å². The van der Waals surface area contributed by atoms with Crippen molar-refractivity contribution in [2.75, 3.05) is 13.2 Å². The number of hydrogen-bond donors (Lipinski definition) is 7. The van der Waals surface area contributed by atoms with Crippen molar-refractivity contribution in [2.45, 2.75) is 49.9 Å². The van der Waals surface area contributed by atoms with Gasteiger partial charge >= 0.3 is 5.97 Å². The summed E-state index contributed by atoms with van der Waals surface area (Å²) in [5, 5.41) is 23.0. The standard InChI is InChI=1S/C16H26N6O8/c17-7(4-11(18)24)13(26)20-8(5-12(19)25)14(27)21-9(6-23)15(28)22-3-1-2-10(22)16(29)30/h7-10,23H,1-6,17H2,(H2,18,24)(H2,19,25)(H,20,26)(H,21,27)(H,29,30). The molecule has 1 saturated heterocycles. The Bertz CT molecular complexity index is 714. The molecule has 0 saturated carbocycles. The summed E-state index contributed by atoms with van der Waals surface area (Å²) in [6, 6.07) is -5.54. The van der Waals surface area contributed by atoms with Crippen LogP contribution in [0.3, 0.4) is 0 Å². The van der Waals surface area contributed by atoms with Gasteiger partial charge in [-0.2, -0.15) is 0 Å².